The number of aliphatic hydroxyl groups is 1. The van der Waals surface area contributed by atoms with Crippen LogP contribution >= 0.6 is 11.8 Å². The third-order valence-electron chi connectivity index (χ3n) is 2.57. The lowest BCUT2D eigenvalue weighted by molar-refractivity contribution is 0.251. The Bertz CT molecular complexity index is 294. The molecular formula is C12H18OS. The van der Waals surface area contributed by atoms with E-state index in [1.807, 2.05) is 0 Å². The van der Waals surface area contributed by atoms with Gasteiger partial charge in [0.15, 0.2) is 0 Å². The number of rotatable bonds is 4. The van der Waals surface area contributed by atoms with Crippen molar-refractivity contribution < 1.29 is 5.11 Å². The van der Waals surface area contributed by atoms with Crippen molar-refractivity contribution >= 4 is 11.8 Å². The minimum Gasteiger partial charge on any atom is -0.396 e. The summed E-state index contributed by atoms with van der Waals surface area (Å²) in [6.45, 7) is 4.60. The van der Waals surface area contributed by atoms with Gasteiger partial charge in [0.1, 0.15) is 0 Å². The Hall–Kier alpha value is -0.470. The van der Waals surface area contributed by atoms with E-state index in [4.69, 9.17) is 5.11 Å². The molecule has 1 aromatic carbocycles. The maximum atomic E-state index is 9.02. The predicted molar refractivity (Wildman–Crippen MR) is 63.0 cm³/mol. The third kappa shape index (κ3) is 2.52. The normalized spacial score (nSPS) is 11.7. The van der Waals surface area contributed by atoms with Crippen LogP contribution in [0.3, 0.4) is 0 Å². The zero-order chi connectivity index (χ0) is 10.6. The first-order valence-electron chi connectivity index (χ1n) is 4.86. The van der Waals surface area contributed by atoms with Crippen molar-refractivity contribution in [2.75, 3.05) is 12.9 Å². The Labute approximate surface area is 90.5 Å². The molecule has 0 bridgehead atoms. The molecule has 0 spiro atoms. The van der Waals surface area contributed by atoms with E-state index in [2.05, 4.69) is 44.4 Å². The average molecular weight is 210 g/mol. The van der Waals surface area contributed by atoms with Gasteiger partial charge in [0.05, 0.1) is 0 Å². The van der Waals surface area contributed by atoms with Crippen LogP contribution in [0.2, 0.25) is 0 Å². The van der Waals surface area contributed by atoms with E-state index in [-0.39, 0.29) is 12.0 Å². The second-order valence-corrected chi connectivity index (χ2v) is 4.91. The molecule has 78 valence electrons. The first-order valence-corrected chi connectivity index (χ1v) is 6.08. The van der Waals surface area contributed by atoms with Gasteiger partial charge in [-0.2, -0.15) is 0 Å². The largest absolute Gasteiger partial charge is 0.396 e. The third-order valence-corrected chi connectivity index (χ3v) is 3.37. The lowest BCUT2D eigenvalue weighted by Crippen LogP contribution is -2.19. The van der Waals surface area contributed by atoms with Gasteiger partial charge in [0.2, 0.25) is 0 Å². The number of benzene rings is 1. The first-order chi connectivity index (χ1) is 6.61. The molecule has 0 fully saturated rings. The van der Waals surface area contributed by atoms with Crippen molar-refractivity contribution in [2.24, 2.45) is 0 Å². The molecule has 0 saturated carbocycles. The monoisotopic (exact) mass is 210 g/mol. The topological polar surface area (TPSA) is 20.2 Å². The fraction of sp³-hybridized carbons (Fsp3) is 0.500. The molecule has 0 radical (unpaired) electrons. The van der Waals surface area contributed by atoms with Crippen molar-refractivity contribution in [3.8, 4) is 0 Å². The van der Waals surface area contributed by atoms with Crippen LogP contribution in [0.1, 0.15) is 25.8 Å². The molecule has 14 heavy (non-hydrogen) atoms. The van der Waals surface area contributed by atoms with Gasteiger partial charge in [0, 0.05) is 11.5 Å². The molecule has 1 aromatic rings. The Morgan fingerprint density at radius 2 is 1.93 bits per heavy atom. The highest BCUT2D eigenvalue weighted by Gasteiger charge is 2.22. The fourth-order valence-corrected chi connectivity index (χ4v) is 2.40. The van der Waals surface area contributed by atoms with Gasteiger partial charge >= 0.3 is 0 Å². The quantitative estimate of drug-likeness (QED) is 0.771. The maximum Gasteiger partial charge on any atom is 0.0439 e. The zero-order valence-corrected chi connectivity index (χ0v) is 9.90. The number of aliphatic hydroxyl groups excluding tert-OH is 1. The molecule has 2 heteroatoms. The van der Waals surface area contributed by atoms with E-state index in [0.29, 0.717) is 0 Å². The summed E-state index contributed by atoms with van der Waals surface area (Å²) in [6, 6.07) is 8.42. The van der Waals surface area contributed by atoms with Crippen LogP contribution < -0.4 is 0 Å². The van der Waals surface area contributed by atoms with Crippen LogP contribution in [0, 0.1) is 0 Å². The fourth-order valence-electron chi connectivity index (χ4n) is 1.62. The standard InChI is InChI=1S/C12H18OS/c1-12(2,8-9-13)10-6-4-5-7-11(10)14-3/h4-7,13H,8-9H2,1-3H3. The van der Waals surface area contributed by atoms with Crippen molar-refractivity contribution in [1.82, 2.24) is 0 Å². The van der Waals surface area contributed by atoms with Gasteiger partial charge in [-0.15, -0.1) is 11.8 Å². The summed E-state index contributed by atoms with van der Waals surface area (Å²) in [4.78, 5) is 1.31. The van der Waals surface area contributed by atoms with Crippen molar-refractivity contribution in [3.63, 3.8) is 0 Å². The molecule has 0 saturated heterocycles. The average Bonchev–Trinajstić information content (AvgIpc) is 2.18. The summed E-state index contributed by atoms with van der Waals surface area (Å²) in [5, 5.41) is 9.02. The highest BCUT2D eigenvalue weighted by molar-refractivity contribution is 7.98. The van der Waals surface area contributed by atoms with E-state index in [1.54, 1.807) is 11.8 Å². The molecule has 0 atom stereocenters. The van der Waals surface area contributed by atoms with Crippen LogP contribution in [0.4, 0.5) is 0 Å². The summed E-state index contributed by atoms with van der Waals surface area (Å²) >= 11 is 1.77. The van der Waals surface area contributed by atoms with Gasteiger partial charge in [-0.05, 0) is 29.7 Å². The summed E-state index contributed by atoms with van der Waals surface area (Å²) in [6.07, 6.45) is 2.90. The van der Waals surface area contributed by atoms with Crippen LogP contribution in [0.25, 0.3) is 0 Å². The number of hydrogen-bond donors (Lipinski definition) is 1. The Kier molecular flexibility index (Phi) is 4.02. The summed E-state index contributed by atoms with van der Waals surface area (Å²) in [5.74, 6) is 0. The molecule has 0 heterocycles. The van der Waals surface area contributed by atoms with Crippen molar-refractivity contribution in [2.45, 2.75) is 30.6 Å². The van der Waals surface area contributed by atoms with Crippen LogP contribution in [-0.2, 0) is 5.41 Å². The van der Waals surface area contributed by atoms with E-state index < -0.39 is 0 Å². The smallest absolute Gasteiger partial charge is 0.0439 e. The van der Waals surface area contributed by atoms with E-state index in [1.165, 1.54) is 10.5 Å². The van der Waals surface area contributed by atoms with Crippen LogP contribution in [0.15, 0.2) is 29.2 Å². The highest BCUT2D eigenvalue weighted by Crippen LogP contribution is 2.33. The lowest BCUT2D eigenvalue weighted by Gasteiger charge is -2.26. The van der Waals surface area contributed by atoms with Gasteiger partial charge in [0.25, 0.3) is 0 Å². The molecule has 1 N–H and O–H groups in total. The minimum atomic E-state index is 0.0638. The second kappa shape index (κ2) is 4.85. The predicted octanol–water partition coefficient (Wildman–Crippen LogP) is 3.07. The van der Waals surface area contributed by atoms with Crippen LogP contribution in [-0.4, -0.2) is 18.0 Å². The summed E-state index contributed by atoms with van der Waals surface area (Å²) in [5.41, 5.74) is 1.40. The maximum absolute atomic E-state index is 9.02. The Morgan fingerprint density at radius 3 is 2.50 bits per heavy atom. The number of thioether (sulfide) groups is 1. The molecule has 0 amide bonds. The highest BCUT2D eigenvalue weighted by atomic mass is 32.2. The molecule has 1 nitrogen and oxygen atoms in total. The summed E-state index contributed by atoms with van der Waals surface area (Å²) < 4.78 is 0. The molecule has 0 unspecified atom stereocenters. The van der Waals surface area contributed by atoms with Gasteiger partial charge in [-0.25, -0.2) is 0 Å². The molecule has 0 aliphatic heterocycles. The van der Waals surface area contributed by atoms with Gasteiger partial charge in [-0.1, -0.05) is 32.0 Å². The van der Waals surface area contributed by atoms with E-state index in [0.717, 1.165) is 6.42 Å². The molecule has 0 aliphatic rings. The second-order valence-electron chi connectivity index (χ2n) is 4.06. The van der Waals surface area contributed by atoms with E-state index in [9.17, 15) is 0 Å². The SMILES string of the molecule is CSc1ccccc1C(C)(C)CCO. The van der Waals surface area contributed by atoms with Gasteiger partial charge < -0.3 is 5.11 Å². The summed E-state index contributed by atoms with van der Waals surface area (Å²) in [7, 11) is 0. The van der Waals surface area contributed by atoms with E-state index >= 15 is 0 Å². The molecule has 0 aliphatic carbocycles. The Balaban J connectivity index is 3.04. The minimum absolute atomic E-state index is 0.0638. The Morgan fingerprint density at radius 1 is 1.29 bits per heavy atom. The number of hydrogen-bond acceptors (Lipinski definition) is 2. The van der Waals surface area contributed by atoms with Crippen LogP contribution in [0.5, 0.6) is 0 Å². The van der Waals surface area contributed by atoms with Crippen molar-refractivity contribution in [3.05, 3.63) is 29.8 Å². The zero-order valence-electron chi connectivity index (χ0n) is 9.08. The molecule has 0 aromatic heterocycles. The van der Waals surface area contributed by atoms with Gasteiger partial charge in [-0.3, -0.25) is 0 Å². The lowest BCUT2D eigenvalue weighted by atomic mass is 9.82. The van der Waals surface area contributed by atoms with Crippen molar-refractivity contribution in [1.29, 1.82) is 0 Å². The molecule has 1 rings (SSSR count). The first kappa shape index (κ1) is 11.6. The molecular weight excluding hydrogens is 192 g/mol.